The third-order valence-electron chi connectivity index (χ3n) is 3.77. The first kappa shape index (κ1) is 15.3. The number of carbonyl (C=O) groups is 1. The second-order valence-corrected chi connectivity index (χ2v) is 6.96. The monoisotopic (exact) mass is 337 g/mol. The fourth-order valence-corrected chi connectivity index (χ4v) is 2.91. The van der Waals surface area contributed by atoms with E-state index in [2.05, 4.69) is 5.32 Å². The van der Waals surface area contributed by atoms with E-state index in [1.807, 2.05) is 30.3 Å². The Balaban J connectivity index is 1.87. The molecule has 2 atom stereocenters. The van der Waals surface area contributed by atoms with Gasteiger partial charge in [-0.1, -0.05) is 42.5 Å². The number of carbonyl (C=O) groups excluding carboxylic acids is 1. The van der Waals surface area contributed by atoms with Crippen molar-refractivity contribution < 1.29 is 9.18 Å². The number of hydrogen-bond acceptors (Lipinski definition) is 1. The van der Waals surface area contributed by atoms with E-state index < -0.39 is 10.3 Å². The van der Waals surface area contributed by atoms with Crippen LogP contribution in [0.15, 0.2) is 54.6 Å². The van der Waals surface area contributed by atoms with Gasteiger partial charge in [0.25, 0.3) is 0 Å². The Kier molecular flexibility index (Phi) is 4.11. The number of halogens is 3. The van der Waals surface area contributed by atoms with E-state index in [0.717, 1.165) is 11.1 Å². The average molecular weight is 338 g/mol. The van der Waals surface area contributed by atoms with Crippen molar-refractivity contribution in [3.05, 3.63) is 71.5 Å². The Bertz CT molecular complexity index is 673. The molecule has 0 aromatic heterocycles. The van der Waals surface area contributed by atoms with Crippen molar-refractivity contribution in [2.75, 3.05) is 0 Å². The highest BCUT2D eigenvalue weighted by molar-refractivity contribution is 6.52. The first-order chi connectivity index (χ1) is 10.5. The van der Waals surface area contributed by atoms with Gasteiger partial charge in [0, 0.05) is 0 Å². The van der Waals surface area contributed by atoms with Gasteiger partial charge in [-0.3, -0.25) is 4.79 Å². The van der Waals surface area contributed by atoms with Crippen LogP contribution in [-0.2, 0) is 4.79 Å². The summed E-state index contributed by atoms with van der Waals surface area (Å²) in [4.78, 5) is 12.3. The standard InChI is InChI=1S/C17H14Cl2FNO/c18-17(19)10-14(17)16(22)21-15(11-4-2-1-3-5-11)12-6-8-13(20)9-7-12/h1-9,14-15H,10H2,(H,21,22). The van der Waals surface area contributed by atoms with Crippen molar-refractivity contribution in [1.29, 1.82) is 0 Å². The molecule has 0 heterocycles. The van der Waals surface area contributed by atoms with E-state index in [9.17, 15) is 9.18 Å². The molecule has 1 saturated carbocycles. The van der Waals surface area contributed by atoms with E-state index in [0.29, 0.717) is 6.42 Å². The van der Waals surface area contributed by atoms with Crippen molar-refractivity contribution in [3.63, 3.8) is 0 Å². The molecule has 1 aliphatic carbocycles. The van der Waals surface area contributed by atoms with Crippen molar-refractivity contribution in [1.82, 2.24) is 5.32 Å². The lowest BCUT2D eigenvalue weighted by Gasteiger charge is -2.20. The van der Waals surface area contributed by atoms with Crippen LogP contribution in [0.4, 0.5) is 4.39 Å². The summed E-state index contributed by atoms with van der Waals surface area (Å²) in [5.41, 5.74) is 1.72. The minimum absolute atomic E-state index is 0.192. The number of benzene rings is 2. The van der Waals surface area contributed by atoms with Crippen LogP contribution in [0.3, 0.4) is 0 Å². The zero-order valence-corrected chi connectivity index (χ0v) is 13.1. The minimum atomic E-state index is -0.964. The molecule has 3 rings (SSSR count). The van der Waals surface area contributed by atoms with Crippen LogP contribution < -0.4 is 5.32 Å². The highest BCUT2D eigenvalue weighted by Gasteiger charge is 2.56. The normalized spacial score (nSPS) is 20.2. The SMILES string of the molecule is O=C(NC(c1ccccc1)c1ccc(F)cc1)C1CC1(Cl)Cl. The van der Waals surface area contributed by atoms with Crippen LogP contribution in [0.2, 0.25) is 0 Å². The fourth-order valence-electron chi connectivity index (χ4n) is 2.40. The predicted molar refractivity (Wildman–Crippen MR) is 85.4 cm³/mol. The highest BCUT2D eigenvalue weighted by atomic mass is 35.5. The lowest BCUT2D eigenvalue weighted by molar-refractivity contribution is -0.122. The number of alkyl halides is 2. The summed E-state index contributed by atoms with van der Waals surface area (Å²) in [6, 6.07) is 15.2. The van der Waals surface area contributed by atoms with Gasteiger partial charge in [0.2, 0.25) is 5.91 Å². The van der Waals surface area contributed by atoms with Crippen LogP contribution in [0.1, 0.15) is 23.6 Å². The van der Waals surface area contributed by atoms with E-state index in [1.54, 1.807) is 12.1 Å². The largest absolute Gasteiger partial charge is 0.345 e. The van der Waals surface area contributed by atoms with Gasteiger partial charge in [-0.05, 0) is 29.7 Å². The van der Waals surface area contributed by atoms with Gasteiger partial charge in [0.15, 0.2) is 0 Å². The maximum absolute atomic E-state index is 13.1. The Morgan fingerprint density at radius 2 is 1.64 bits per heavy atom. The van der Waals surface area contributed by atoms with Crippen LogP contribution in [-0.4, -0.2) is 10.2 Å². The summed E-state index contributed by atoms with van der Waals surface area (Å²) in [5, 5.41) is 2.96. The quantitative estimate of drug-likeness (QED) is 0.831. The Morgan fingerprint density at radius 1 is 1.09 bits per heavy atom. The van der Waals surface area contributed by atoms with Crippen LogP contribution >= 0.6 is 23.2 Å². The van der Waals surface area contributed by atoms with Gasteiger partial charge in [-0.25, -0.2) is 4.39 Å². The molecule has 1 fully saturated rings. The van der Waals surface area contributed by atoms with Gasteiger partial charge in [0.1, 0.15) is 10.2 Å². The smallest absolute Gasteiger partial charge is 0.227 e. The molecule has 0 aliphatic heterocycles. The van der Waals surface area contributed by atoms with E-state index in [4.69, 9.17) is 23.2 Å². The molecule has 5 heteroatoms. The van der Waals surface area contributed by atoms with Gasteiger partial charge < -0.3 is 5.32 Å². The summed E-state index contributed by atoms with van der Waals surface area (Å²) in [7, 11) is 0. The number of amides is 1. The Morgan fingerprint density at radius 3 is 2.18 bits per heavy atom. The molecular weight excluding hydrogens is 324 g/mol. The predicted octanol–water partition coefficient (Wildman–Crippen LogP) is 4.23. The summed E-state index contributed by atoms with van der Waals surface area (Å²) in [6.07, 6.45) is 0.451. The first-order valence-corrected chi connectivity index (χ1v) is 7.71. The fraction of sp³-hybridized carbons (Fsp3) is 0.235. The number of nitrogens with one attached hydrogen (secondary N) is 1. The van der Waals surface area contributed by atoms with Crippen LogP contribution in [0, 0.1) is 11.7 Å². The van der Waals surface area contributed by atoms with Crippen molar-refractivity contribution in [2.24, 2.45) is 5.92 Å². The van der Waals surface area contributed by atoms with Crippen LogP contribution in [0.25, 0.3) is 0 Å². The average Bonchev–Trinajstić information content (AvgIpc) is 3.15. The summed E-state index contributed by atoms with van der Waals surface area (Å²) in [6.45, 7) is 0. The molecule has 0 bridgehead atoms. The van der Waals surface area contributed by atoms with E-state index in [-0.39, 0.29) is 17.8 Å². The van der Waals surface area contributed by atoms with Crippen molar-refractivity contribution in [3.8, 4) is 0 Å². The topological polar surface area (TPSA) is 29.1 Å². The lowest BCUT2D eigenvalue weighted by atomic mass is 9.98. The molecule has 1 amide bonds. The third kappa shape index (κ3) is 3.26. The Hall–Kier alpha value is -1.58. The molecule has 2 nitrogen and oxygen atoms in total. The molecule has 22 heavy (non-hydrogen) atoms. The highest BCUT2D eigenvalue weighted by Crippen LogP contribution is 2.53. The molecule has 1 N–H and O–H groups in total. The molecule has 0 spiro atoms. The Labute approximate surface area is 138 Å². The maximum Gasteiger partial charge on any atom is 0.227 e. The minimum Gasteiger partial charge on any atom is -0.345 e. The van der Waals surface area contributed by atoms with Gasteiger partial charge in [-0.15, -0.1) is 23.2 Å². The maximum atomic E-state index is 13.1. The van der Waals surface area contributed by atoms with Crippen molar-refractivity contribution >= 4 is 29.1 Å². The van der Waals surface area contributed by atoms with Crippen molar-refractivity contribution in [2.45, 2.75) is 16.8 Å². The first-order valence-electron chi connectivity index (χ1n) is 6.96. The molecular formula is C17H14Cl2FNO. The second-order valence-electron chi connectivity index (χ2n) is 5.42. The van der Waals surface area contributed by atoms with E-state index >= 15 is 0 Å². The third-order valence-corrected chi connectivity index (χ3v) is 4.60. The molecule has 114 valence electrons. The number of hydrogen-bond donors (Lipinski definition) is 1. The van der Waals surface area contributed by atoms with E-state index in [1.165, 1.54) is 12.1 Å². The molecule has 1 aliphatic rings. The summed E-state index contributed by atoms with van der Waals surface area (Å²) in [5.74, 6) is -0.907. The molecule has 2 aromatic rings. The summed E-state index contributed by atoms with van der Waals surface area (Å²) >= 11 is 11.9. The van der Waals surface area contributed by atoms with Gasteiger partial charge in [0.05, 0.1) is 12.0 Å². The van der Waals surface area contributed by atoms with Gasteiger partial charge in [-0.2, -0.15) is 0 Å². The molecule has 2 aromatic carbocycles. The molecule has 0 saturated heterocycles. The molecule has 0 radical (unpaired) electrons. The zero-order chi connectivity index (χ0) is 15.7. The lowest BCUT2D eigenvalue weighted by Crippen LogP contribution is -2.31. The molecule has 2 unspecified atom stereocenters. The summed E-state index contributed by atoms with van der Waals surface area (Å²) < 4.78 is 12.2. The second kappa shape index (κ2) is 5.90. The van der Waals surface area contributed by atoms with Gasteiger partial charge >= 0.3 is 0 Å². The van der Waals surface area contributed by atoms with Crippen LogP contribution in [0.5, 0.6) is 0 Å². The number of rotatable bonds is 4. The zero-order valence-electron chi connectivity index (χ0n) is 11.6.